The molecule has 0 aliphatic heterocycles. The predicted octanol–water partition coefficient (Wildman–Crippen LogP) is 0.994. The van der Waals surface area contributed by atoms with Gasteiger partial charge < -0.3 is 4.74 Å². The Morgan fingerprint density at radius 3 is 1.75 bits per heavy atom. The molecule has 0 atom stereocenters. The molecule has 0 aliphatic rings. The van der Waals surface area contributed by atoms with Crippen LogP contribution in [-0.2, 0) is 4.74 Å². The Morgan fingerprint density at radius 2 is 1.50 bits per heavy atom. The van der Waals surface area contributed by atoms with Crippen molar-refractivity contribution in [3.63, 3.8) is 0 Å². The van der Waals surface area contributed by atoms with E-state index < -0.39 is 0 Å². The minimum Gasteiger partial charge on any atom is -0.373 e. The quantitative estimate of drug-likeness (QED) is 0.387. The molecule has 0 N–H and O–H groups in total. The van der Waals surface area contributed by atoms with E-state index in [2.05, 4.69) is 13.2 Å². The molecule has 0 aliphatic carbocycles. The van der Waals surface area contributed by atoms with E-state index in [0.717, 1.165) is 0 Å². The number of hydrogen-bond donors (Lipinski definition) is 0. The van der Waals surface area contributed by atoms with Gasteiger partial charge in [-0.1, -0.05) is 12.2 Å². The monoisotopic (exact) mass is 218 g/mol. The minimum absolute atomic E-state index is 0. The van der Waals surface area contributed by atoms with Gasteiger partial charge >= 0.3 is 0 Å². The maximum Gasteiger partial charge on any atom is 0.0649 e. The zero-order valence-electron chi connectivity index (χ0n) is 4.89. The van der Waals surface area contributed by atoms with E-state index in [0.29, 0.717) is 13.2 Å². The van der Waals surface area contributed by atoms with Crippen LogP contribution in [0.3, 0.4) is 0 Å². The van der Waals surface area contributed by atoms with Gasteiger partial charge in [-0.3, -0.25) is 0 Å². The molecular formula is C6H10OSn. The SMILES string of the molecule is C=CCOCC=C.[Sn]. The summed E-state index contributed by atoms with van der Waals surface area (Å²) >= 11 is 0. The average Bonchev–Trinajstić information content (AvgIpc) is 1.69. The summed E-state index contributed by atoms with van der Waals surface area (Å²) in [5, 5.41) is 0. The van der Waals surface area contributed by atoms with E-state index in [1.54, 1.807) is 12.2 Å². The molecule has 2 heteroatoms. The molecule has 8 heavy (non-hydrogen) atoms. The van der Waals surface area contributed by atoms with E-state index in [-0.39, 0.29) is 23.9 Å². The van der Waals surface area contributed by atoms with Crippen LogP contribution >= 0.6 is 0 Å². The van der Waals surface area contributed by atoms with Gasteiger partial charge in [-0.05, 0) is 0 Å². The van der Waals surface area contributed by atoms with Crippen molar-refractivity contribution >= 4 is 23.9 Å². The van der Waals surface area contributed by atoms with Crippen LogP contribution in [0.1, 0.15) is 0 Å². The van der Waals surface area contributed by atoms with E-state index in [9.17, 15) is 0 Å². The van der Waals surface area contributed by atoms with Gasteiger partial charge in [-0.25, -0.2) is 0 Å². The summed E-state index contributed by atoms with van der Waals surface area (Å²) in [5.41, 5.74) is 0. The summed E-state index contributed by atoms with van der Waals surface area (Å²) in [4.78, 5) is 0. The van der Waals surface area contributed by atoms with Crippen molar-refractivity contribution in [3.8, 4) is 0 Å². The second-order valence-corrected chi connectivity index (χ2v) is 1.11. The maximum absolute atomic E-state index is 4.90. The molecular weight excluding hydrogens is 207 g/mol. The Morgan fingerprint density at radius 1 is 1.12 bits per heavy atom. The van der Waals surface area contributed by atoms with Crippen molar-refractivity contribution in [1.29, 1.82) is 0 Å². The van der Waals surface area contributed by atoms with E-state index in [4.69, 9.17) is 4.74 Å². The summed E-state index contributed by atoms with van der Waals surface area (Å²) in [6, 6.07) is 0. The third kappa shape index (κ3) is 9.53. The van der Waals surface area contributed by atoms with E-state index >= 15 is 0 Å². The summed E-state index contributed by atoms with van der Waals surface area (Å²) in [5.74, 6) is 0. The normalized spacial score (nSPS) is 7.00. The Kier molecular flexibility index (Phi) is 14.2. The first kappa shape index (κ1) is 11.1. The molecule has 0 rings (SSSR count). The molecule has 0 saturated heterocycles. The molecule has 1 nitrogen and oxygen atoms in total. The fourth-order valence-corrected chi connectivity index (χ4v) is 0.235. The molecule has 0 aromatic heterocycles. The molecule has 4 radical (unpaired) electrons. The summed E-state index contributed by atoms with van der Waals surface area (Å²) in [6.07, 6.45) is 3.42. The Hall–Kier alpha value is 0.239. The molecule has 0 saturated carbocycles. The maximum atomic E-state index is 4.90. The fourth-order valence-electron chi connectivity index (χ4n) is 0.235. The molecule has 0 spiro atoms. The largest absolute Gasteiger partial charge is 0.373 e. The van der Waals surface area contributed by atoms with Crippen LogP contribution in [0.5, 0.6) is 0 Å². The molecule has 0 fully saturated rings. The van der Waals surface area contributed by atoms with Crippen LogP contribution in [0, 0.1) is 0 Å². The van der Waals surface area contributed by atoms with Crippen molar-refractivity contribution in [1.82, 2.24) is 0 Å². The second kappa shape index (κ2) is 10.3. The Balaban J connectivity index is 0. The number of rotatable bonds is 4. The third-order valence-electron chi connectivity index (χ3n) is 0.471. The van der Waals surface area contributed by atoms with Gasteiger partial charge in [-0.2, -0.15) is 0 Å². The van der Waals surface area contributed by atoms with Gasteiger partial charge in [0, 0.05) is 23.9 Å². The number of hydrogen-bond acceptors (Lipinski definition) is 1. The van der Waals surface area contributed by atoms with Crippen LogP contribution in [-0.4, -0.2) is 37.1 Å². The molecule has 0 amide bonds. The van der Waals surface area contributed by atoms with Crippen LogP contribution in [0.4, 0.5) is 0 Å². The smallest absolute Gasteiger partial charge is 0.0649 e. The Bertz CT molecular complexity index is 53.5. The molecule has 0 aromatic rings. The van der Waals surface area contributed by atoms with Gasteiger partial charge in [-0.15, -0.1) is 13.2 Å². The standard InChI is InChI=1S/C6H10O.Sn/c1-3-5-7-6-4-2;/h3-4H,1-2,5-6H2;. The topological polar surface area (TPSA) is 9.23 Å². The first-order valence-corrected chi connectivity index (χ1v) is 2.21. The van der Waals surface area contributed by atoms with Crippen LogP contribution in [0.2, 0.25) is 0 Å². The van der Waals surface area contributed by atoms with Crippen LogP contribution in [0.25, 0.3) is 0 Å². The van der Waals surface area contributed by atoms with Crippen molar-refractivity contribution in [2.45, 2.75) is 0 Å². The Labute approximate surface area is 67.4 Å². The summed E-state index contributed by atoms with van der Waals surface area (Å²) in [7, 11) is 0. The van der Waals surface area contributed by atoms with Crippen LogP contribution in [0.15, 0.2) is 25.3 Å². The zero-order valence-corrected chi connectivity index (χ0v) is 7.75. The molecule has 0 unspecified atom stereocenters. The number of ether oxygens (including phenoxy) is 1. The van der Waals surface area contributed by atoms with Crippen molar-refractivity contribution < 1.29 is 4.74 Å². The van der Waals surface area contributed by atoms with Crippen molar-refractivity contribution in [3.05, 3.63) is 25.3 Å². The molecule has 44 valence electrons. The van der Waals surface area contributed by atoms with Gasteiger partial charge in [0.2, 0.25) is 0 Å². The van der Waals surface area contributed by atoms with E-state index in [1.165, 1.54) is 0 Å². The van der Waals surface area contributed by atoms with Crippen LogP contribution < -0.4 is 0 Å². The zero-order chi connectivity index (χ0) is 5.54. The van der Waals surface area contributed by atoms with Gasteiger partial charge in [0.15, 0.2) is 0 Å². The van der Waals surface area contributed by atoms with Gasteiger partial charge in [0.25, 0.3) is 0 Å². The third-order valence-corrected chi connectivity index (χ3v) is 0.471. The molecule has 0 heterocycles. The molecule has 0 bridgehead atoms. The predicted molar refractivity (Wildman–Crippen MR) is 37.0 cm³/mol. The van der Waals surface area contributed by atoms with Crippen molar-refractivity contribution in [2.75, 3.05) is 13.2 Å². The minimum atomic E-state index is 0. The summed E-state index contributed by atoms with van der Waals surface area (Å²) in [6.45, 7) is 8.18. The van der Waals surface area contributed by atoms with E-state index in [1.807, 2.05) is 0 Å². The van der Waals surface area contributed by atoms with Crippen molar-refractivity contribution in [2.24, 2.45) is 0 Å². The second-order valence-electron chi connectivity index (χ2n) is 1.11. The first-order valence-electron chi connectivity index (χ1n) is 2.21. The summed E-state index contributed by atoms with van der Waals surface area (Å²) < 4.78 is 4.90. The van der Waals surface area contributed by atoms with Gasteiger partial charge in [0.05, 0.1) is 13.2 Å². The first-order chi connectivity index (χ1) is 3.41. The average molecular weight is 217 g/mol. The van der Waals surface area contributed by atoms with Gasteiger partial charge in [0.1, 0.15) is 0 Å². The fraction of sp³-hybridized carbons (Fsp3) is 0.333. The molecule has 0 aromatic carbocycles.